The Kier molecular flexibility index (Phi) is 4.78. The highest BCUT2D eigenvalue weighted by atomic mass is 19.1. The summed E-state index contributed by atoms with van der Waals surface area (Å²) >= 11 is 0. The van der Waals surface area contributed by atoms with Crippen molar-refractivity contribution in [3.63, 3.8) is 0 Å². The number of fused-ring (bicyclic) bond motifs is 1. The van der Waals surface area contributed by atoms with Crippen molar-refractivity contribution in [1.82, 2.24) is 0 Å². The second kappa shape index (κ2) is 7.16. The van der Waals surface area contributed by atoms with Crippen LogP contribution < -0.4 is 14.8 Å². The number of ether oxygens (including phenoxy) is 3. The zero-order valence-corrected chi connectivity index (χ0v) is 12.8. The quantitative estimate of drug-likeness (QED) is 0.858. The fraction of sp³-hybridized carbons (Fsp3) is 0.176. The van der Waals surface area contributed by atoms with Gasteiger partial charge >= 0.3 is 5.97 Å². The molecule has 6 nitrogen and oxygen atoms in total. The van der Waals surface area contributed by atoms with Gasteiger partial charge in [0.15, 0.2) is 18.1 Å². The molecule has 25 heavy (non-hydrogen) atoms. The molecule has 1 N–H and O–H groups in total. The van der Waals surface area contributed by atoms with Gasteiger partial charge in [0.1, 0.15) is 18.2 Å². The normalized spacial score (nSPS) is 15.4. The fourth-order valence-corrected chi connectivity index (χ4v) is 2.14. The summed E-state index contributed by atoms with van der Waals surface area (Å²) in [4.78, 5) is 23.7. The van der Waals surface area contributed by atoms with Crippen molar-refractivity contribution in [1.29, 1.82) is 0 Å². The van der Waals surface area contributed by atoms with E-state index in [9.17, 15) is 18.4 Å². The number of hydrogen-bond donors (Lipinski definition) is 1. The molecule has 1 aliphatic heterocycles. The minimum absolute atomic E-state index is 0.0595. The Balaban J connectivity index is 1.52. The molecule has 8 heteroatoms. The van der Waals surface area contributed by atoms with E-state index in [0.29, 0.717) is 11.5 Å². The number of benzene rings is 2. The van der Waals surface area contributed by atoms with E-state index in [1.54, 1.807) is 24.3 Å². The van der Waals surface area contributed by atoms with E-state index in [1.807, 2.05) is 0 Å². The van der Waals surface area contributed by atoms with E-state index in [0.717, 1.165) is 18.2 Å². The average Bonchev–Trinajstić information content (AvgIpc) is 2.62. The molecule has 3 rings (SSSR count). The molecule has 0 saturated carbocycles. The number of para-hydroxylation sites is 2. The molecule has 1 atom stereocenters. The number of nitrogens with one attached hydrogen (secondary N) is 1. The van der Waals surface area contributed by atoms with E-state index >= 15 is 0 Å². The van der Waals surface area contributed by atoms with E-state index in [-0.39, 0.29) is 12.3 Å². The molecule has 0 spiro atoms. The highest BCUT2D eigenvalue weighted by Crippen LogP contribution is 2.31. The van der Waals surface area contributed by atoms with Crippen LogP contribution in [0.1, 0.15) is 0 Å². The molecule has 2 aromatic carbocycles. The molecule has 0 saturated heterocycles. The summed E-state index contributed by atoms with van der Waals surface area (Å²) < 4.78 is 42.1. The Morgan fingerprint density at radius 3 is 2.72 bits per heavy atom. The highest BCUT2D eigenvalue weighted by molar-refractivity contribution is 5.93. The summed E-state index contributed by atoms with van der Waals surface area (Å²) in [6.07, 6.45) is -1.02. The lowest BCUT2D eigenvalue weighted by Gasteiger charge is -2.24. The largest absolute Gasteiger partial charge is 0.485 e. The lowest BCUT2D eigenvalue weighted by atomic mass is 10.2. The monoisotopic (exact) mass is 349 g/mol. The van der Waals surface area contributed by atoms with Crippen molar-refractivity contribution in [2.24, 2.45) is 0 Å². The molecule has 0 aliphatic carbocycles. The molecule has 1 aliphatic rings. The maximum absolute atomic E-state index is 13.4. The molecule has 0 unspecified atom stereocenters. The van der Waals surface area contributed by atoms with Crippen LogP contribution in [0.5, 0.6) is 11.5 Å². The molecule has 1 heterocycles. The number of esters is 1. The van der Waals surface area contributed by atoms with Crippen molar-refractivity contribution in [2.75, 3.05) is 18.5 Å². The predicted molar refractivity (Wildman–Crippen MR) is 82.3 cm³/mol. The van der Waals surface area contributed by atoms with Crippen molar-refractivity contribution in [3.8, 4) is 11.5 Å². The van der Waals surface area contributed by atoms with Gasteiger partial charge < -0.3 is 19.5 Å². The number of carbonyl (C=O) groups excluding carboxylic acids is 2. The zero-order chi connectivity index (χ0) is 17.8. The molecular formula is C17H13F2NO5. The molecule has 1 amide bonds. The summed E-state index contributed by atoms with van der Waals surface area (Å²) in [5.41, 5.74) is -0.341. The zero-order valence-electron chi connectivity index (χ0n) is 12.8. The van der Waals surface area contributed by atoms with Crippen LogP contribution in [0.4, 0.5) is 14.5 Å². The minimum Gasteiger partial charge on any atom is -0.485 e. The number of rotatable bonds is 4. The van der Waals surface area contributed by atoms with Crippen LogP contribution in [0.2, 0.25) is 0 Å². The van der Waals surface area contributed by atoms with Crippen LogP contribution in [-0.4, -0.2) is 31.2 Å². The summed E-state index contributed by atoms with van der Waals surface area (Å²) in [6, 6.07) is 9.43. The van der Waals surface area contributed by atoms with Gasteiger partial charge in [-0.05, 0) is 24.3 Å². The van der Waals surface area contributed by atoms with E-state index in [2.05, 4.69) is 5.32 Å². The second-order valence-corrected chi connectivity index (χ2v) is 5.14. The highest BCUT2D eigenvalue weighted by Gasteiger charge is 2.29. The third-order valence-corrected chi connectivity index (χ3v) is 3.32. The maximum atomic E-state index is 13.4. The van der Waals surface area contributed by atoms with Gasteiger partial charge in [-0.25, -0.2) is 13.6 Å². The fourth-order valence-electron chi connectivity index (χ4n) is 2.14. The molecule has 0 aromatic heterocycles. The van der Waals surface area contributed by atoms with Crippen molar-refractivity contribution < 1.29 is 32.6 Å². The van der Waals surface area contributed by atoms with Gasteiger partial charge in [0.25, 0.3) is 5.91 Å². The molecule has 0 fully saturated rings. The summed E-state index contributed by atoms with van der Waals surface area (Å²) in [5, 5.41) is 2.12. The number of carbonyl (C=O) groups is 2. The summed E-state index contributed by atoms with van der Waals surface area (Å²) in [7, 11) is 0. The first kappa shape index (κ1) is 16.7. The van der Waals surface area contributed by atoms with Crippen LogP contribution in [0.25, 0.3) is 0 Å². The maximum Gasteiger partial charge on any atom is 0.351 e. The van der Waals surface area contributed by atoms with E-state index in [1.165, 1.54) is 0 Å². The van der Waals surface area contributed by atoms with E-state index in [4.69, 9.17) is 14.2 Å². The molecular weight excluding hydrogens is 336 g/mol. The van der Waals surface area contributed by atoms with Gasteiger partial charge in [-0.3, -0.25) is 4.79 Å². The van der Waals surface area contributed by atoms with Crippen molar-refractivity contribution in [2.45, 2.75) is 6.10 Å². The Morgan fingerprint density at radius 2 is 1.92 bits per heavy atom. The van der Waals surface area contributed by atoms with Crippen LogP contribution in [0, 0.1) is 11.6 Å². The smallest absolute Gasteiger partial charge is 0.351 e. The molecule has 0 radical (unpaired) electrons. The van der Waals surface area contributed by atoms with Crippen LogP contribution in [0.15, 0.2) is 42.5 Å². The number of halogens is 2. The van der Waals surface area contributed by atoms with Crippen LogP contribution >= 0.6 is 0 Å². The van der Waals surface area contributed by atoms with Gasteiger partial charge in [-0.2, -0.15) is 0 Å². The van der Waals surface area contributed by atoms with Gasteiger partial charge in [-0.15, -0.1) is 0 Å². The second-order valence-electron chi connectivity index (χ2n) is 5.14. The lowest BCUT2D eigenvalue weighted by Crippen LogP contribution is -2.39. The number of hydrogen-bond acceptors (Lipinski definition) is 5. The third-order valence-electron chi connectivity index (χ3n) is 3.32. The lowest BCUT2D eigenvalue weighted by molar-refractivity contribution is -0.156. The van der Waals surface area contributed by atoms with E-state index < -0.39 is 36.2 Å². The average molecular weight is 349 g/mol. The van der Waals surface area contributed by atoms with Gasteiger partial charge in [0.2, 0.25) is 6.10 Å². The van der Waals surface area contributed by atoms with Crippen molar-refractivity contribution >= 4 is 17.6 Å². The molecule has 0 bridgehead atoms. The Labute approximate surface area is 141 Å². The third kappa shape index (κ3) is 4.03. The first-order chi connectivity index (χ1) is 12.0. The number of amides is 1. The van der Waals surface area contributed by atoms with Gasteiger partial charge in [0, 0.05) is 6.07 Å². The Hall–Kier alpha value is -3.16. The van der Waals surface area contributed by atoms with Gasteiger partial charge in [0.05, 0.1) is 5.69 Å². The topological polar surface area (TPSA) is 73.9 Å². The summed E-state index contributed by atoms with van der Waals surface area (Å²) in [6.45, 7) is -0.730. The molecule has 2 aromatic rings. The summed E-state index contributed by atoms with van der Waals surface area (Å²) in [5.74, 6) is -2.23. The number of anilines is 1. The van der Waals surface area contributed by atoms with Crippen LogP contribution in [-0.2, 0) is 14.3 Å². The standard InChI is InChI=1S/C17H13F2NO5/c18-10-5-6-11(19)12(7-10)20-16(21)9-24-17(22)15-8-23-13-3-1-2-4-14(13)25-15/h1-7,15H,8-9H2,(H,20,21)/t15-/m0/s1. The Morgan fingerprint density at radius 1 is 1.16 bits per heavy atom. The minimum atomic E-state index is -1.02. The van der Waals surface area contributed by atoms with Crippen LogP contribution in [0.3, 0.4) is 0 Å². The first-order valence-corrected chi connectivity index (χ1v) is 7.33. The molecule has 130 valence electrons. The Bertz CT molecular complexity index is 811. The predicted octanol–water partition coefficient (Wildman–Crippen LogP) is 2.29. The first-order valence-electron chi connectivity index (χ1n) is 7.33. The SMILES string of the molecule is O=C(COC(=O)[C@@H]1COc2ccccc2O1)Nc1cc(F)ccc1F. The van der Waals surface area contributed by atoms with Crippen molar-refractivity contribution in [3.05, 3.63) is 54.1 Å². The van der Waals surface area contributed by atoms with Gasteiger partial charge in [-0.1, -0.05) is 12.1 Å².